The van der Waals surface area contributed by atoms with E-state index >= 15 is 0 Å². The molecule has 2 heterocycles. The Labute approximate surface area is 148 Å². The van der Waals surface area contributed by atoms with Crippen LogP contribution in [-0.4, -0.2) is 29.0 Å². The van der Waals surface area contributed by atoms with Crippen LogP contribution in [0.5, 0.6) is 0 Å². The highest BCUT2D eigenvalue weighted by molar-refractivity contribution is 7.11. The molecule has 0 unspecified atom stereocenters. The van der Waals surface area contributed by atoms with Gasteiger partial charge in [-0.15, -0.1) is 11.3 Å². The number of aromatic nitrogens is 2. The summed E-state index contributed by atoms with van der Waals surface area (Å²) < 4.78 is 4.73. The monoisotopic (exact) mass is 355 g/mol. The quantitative estimate of drug-likeness (QED) is 0.703. The van der Waals surface area contributed by atoms with Gasteiger partial charge in [-0.05, 0) is 13.0 Å². The Balaban J connectivity index is 2.19. The number of hydrogen-bond donors (Lipinski definition) is 2. The largest absolute Gasteiger partial charge is 0.464 e. The third-order valence-electron chi connectivity index (χ3n) is 3.71. The van der Waals surface area contributed by atoms with Gasteiger partial charge in [0.05, 0.1) is 7.11 Å². The molecule has 0 saturated carbocycles. The van der Waals surface area contributed by atoms with E-state index in [1.807, 2.05) is 37.4 Å². The molecule has 0 bridgehead atoms. The number of fused-ring (bicyclic) bond motifs is 1. The second kappa shape index (κ2) is 6.90. The lowest BCUT2D eigenvalue weighted by molar-refractivity contribution is -0.118. The summed E-state index contributed by atoms with van der Waals surface area (Å²) in [5, 5.41) is 6.12. The first-order valence-corrected chi connectivity index (χ1v) is 8.48. The van der Waals surface area contributed by atoms with Crippen molar-refractivity contribution in [3.63, 3.8) is 0 Å². The van der Waals surface area contributed by atoms with Crippen molar-refractivity contribution in [3.05, 3.63) is 57.8 Å². The lowest BCUT2D eigenvalue weighted by Crippen LogP contribution is -2.18. The molecule has 0 aliphatic heterocycles. The molecule has 0 aliphatic rings. The van der Waals surface area contributed by atoms with Crippen LogP contribution in [-0.2, 0) is 9.53 Å². The van der Waals surface area contributed by atoms with Gasteiger partial charge >= 0.3 is 5.97 Å². The molecule has 0 saturated heterocycles. The molecule has 25 heavy (non-hydrogen) atoms. The lowest BCUT2D eigenvalue weighted by atomic mass is 10.0. The predicted molar refractivity (Wildman–Crippen MR) is 97.3 cm³/mol. The van der Waals surface area contributed by atoms with Gasteiger partial charge < -0.3 is 15.0 Å². The van der Waals surface area contributed by atoms with Crippen molar-refractivity contribution < 1.29 is 14.3 Å². The third-order valence-corrected chi connectivity index (χ3v) is 4.57. The second-order valence-corrected chi connectivity index (χ2v) is 6.32. The number of nitrogens with one attached hydrogen (secondary N) is 2. The molecule has 0 atom stereocenters. The highest BCUT2D eigenvalue weighted by Gasteiger charge is 2.19. The average molecular weight is 355 g/mol. The molecule has 7 heteroatoms. The van der Waals surface area contributed by atoms with E-state index in [2.05, 4.69) is 15.3 Å². The van der Waals surface area contributed by atoms with Crippen molar-refractivity contribution in [2.75, 3.05) is 7.11 Å². The molecule has 3 aromatic rings. The van der Waals surface area contributed by atoms with Gasteiger partial charge in [0.25, 0.3) is 0 Å². The summed E-state index contributed by atoms with van der Waals surface area (Å²) >= 11 is 1.33. The second-order valence-electron chi connectivity index (χ2n) is 5.46. The number of methoxy groups -OCH3 is 1. The third kappa shape index (κ3) is 3.32. The molecule has 0 spiro atoms. The number of allylic oxidation sites excluding steroid dienone is 1. The first-order valence-electron chi connectivity index (χ1n) is 7.60. The van der Waals surface area contributed by atoms with Crippen molar-refractivity contribution in [2.45, 2.75) is 13.8 Å². The van der Waals surface area contributed by atoms with Crippen LogP contribution in [0.3, 0.4) is 0 Å². The standard InChI is InChI=1S/C18H17N3O3S/c1-10(20-11(2)22)16(17-21-15(9-25-17)18(23)24-3)13-8-19-14-7-5-4-6-12(13)14/h4-9,19H,1-3H3,(H,20,22)/b16-10-. The van der Waals surface area contributed by atoms with E-state index < -0.39 is 5.97 Å². The number of esters is 1. The molecule has 0 aliphatic carbocycles. The van der Waals surface area contributed by atoms with Crippen molar-refractivity contribution >= 4 is 39.7 Å². The Bertz CT molecular complexity index is 984. The van der Waals surface area contributed by atoms with E-state index in [0.29, 0.717) is 10.7 Å². The van der Waals surface area contributed by atoms with Gasteiger partial charge in [0.1, 0.15) is 5.01 Å². The molecule has 2 aromatic heterocycles. The maximum absolute atomic E-state index is 11.7. The Morgan fingerprint density at radius 3 is 2.72 bits per heavy atom. The average Bonchev–Trinajstić information content (AvgIpc) is 3.22. The minimum Gasteiger partial charge on any atom is -0.464 e. The molecule has 3 rings (SSSR count). The normalized spacial score (nSPS) is 12.0. The number of ether oxygens (including phenoxy) is 1. The first-order chi connectivity index (χ1) is 12.0. The Hall–Kier alpha value is -2.93. The number of para-hydroxylation sites is 1. The van der Waals surface area contributed by atoms with Crippen molar-refractivity contribution in [1.29, 1.82) is 0 Å². The van der Waals surface area contributed by atoms with E-state index in [1.54, 1.807) is 5.38 Å². The number of amides is 1. The Kier molecular flexibility index (Phi) is 4.67. The molecule has 2 N–H and O–H groups in total. The number of carbonyl (C=O) groups is 2. The SMILES string of the molecule is COC(=O)c1csc(/C(=C(/C)NC(C)=O)c2c[nH]c3ccccc23)n1. The van der Waals surface area contributed by atoms with Gasteiger partial charge in [0.2, 0.25) is 5.91 Å². The summed E-state index contributed by atoms with van der Waals surface area (Å²) in [5.74, 6) is -0.655. The number of hydrogen-bond acceptors (Lipinski definition) is 5. The van der Waals surface area contributed by atoms with Crippen LogP contribution in [0.2, 0.25) is 0 Å². The van der Waals surface area contributed by atoms with Crippen LogP contribution in [0.4, 0.5) is 0 Å². The van der Waals surface area contributed by atoms with Crippen LogP contribution in [0.25, 0.3) is 16.5 Å². The van der Waals surface area contributed by atoms with Gasteiger partial charge in [-0.3, -0.25) is 4.79 Å². The maximum atomic E-state index is 11.7. The number of thiazole rings is 1. The molecule has 1 aromatic carbocycles. The van der Waals surface area contributed by atoms with E-state index in [0.717, 1.165) is 22.0 Å². The minimum absolute atomic E-state index is 0.167. The molecular formula is C18H17N3O3S. The van der Waals surface area contributed by atoms with E-state index in [9.17, 15) is 9.59 Å². The van der Waals surface area contributed by atoms with Crippen LogP contribution in [0.1, 0.15) is 34.9 Å². The number of aromatic amines is 1. The minimum atomic E-state index is -0.488. The number of rotatable bonds is 4. The first kappa shape index (κ1) is 16.9. The summed E-state index contributed by atoms with van der Waals surface area (Å²) in [5.41, 5.74) is 3.58. The summed E-state index contributed by atoms with van der Waals surface area (Å²) in [7, 11) is 1.32. The predicted octanol–water partition coefficient (Wildman–Crippen LogP) is 3.33. The maximum Gasteiger partial charge on any atom is 0.357 e. The zero-order valence-electron chi connectivity index (χ0n) is 14.0. The summed E-state index contributed by atoms with van der Waals surface area (Å²) in [4.78, 5) is 30.9. The van der Waals surface area contributed by atoms with E-state index in [1.165, 1.54) is 25.4 Å². The number of H-pyrrole nitrogens is 1. The molecule has 0 fully saturated rings. The molecule has 128 valence electrons. The molecule has 0 radical (unpaired) electrons. The Morgan fingerprint density at radius 1 is 1.24 bits per heavy atom. The summed E-state index contributed by atoms with van der Waals surface area (Å²) in [6.07, 6.45) is 1.88. The van der Waals surface area contributed by atoms with Gasteiger partial charge in [0.15, 0.2) is 5.69 Å². The van der Waals surface area contributed by atoms with E-state index in [-0.39, 0.29) is 11.6 Å². The number of carbonyl (C=O) groups excluding carboxylic acids is 2. The van der Waals surface area contributed by atoms with Crippen molar-refractivity contribution in [3.8, 4) is 0 Å². The van der Waals surface area contributed by atoms with Crippen LogP contribution in [0, 0.1) is 0 Å². The van der Waals surface area contributed by atoms with Gasteiger partial charge in [-0.25, -0.2) is 9.78 Å². The van der Waals surface area contributed by atoms with Crippen molar-refractivity contribution in [2.24, 2.45) is 0 Å². The smallest absolute Gasteiger partial charge is 0.357 e. The van der Waals surface area contributed by atoms with Crippen LogP contribution in [0.15, 0.2) is 41.5 Å². The zero-order chi connectivity index (χ0) is 18.0. The fourth-order valence-corrected chi connectivity index (χ4v) is 3.57. The number of benzene rings is 1. The topological polar surface area (TPSA) is 84.1 Å². The van der Waals surface area contributed by atoms with E-state index in [4.69, 9.17) is 4.74 Å². The summed E-state index contributed by atoms with van der Waals surface area (Å²) in [6, 6.07) is 7.88. The van der Waals surface area contributed by atoms with Crippen LogP contribution < -0.4 is 5.32 Å². The summed E-state index contributed by atoms with van der Waals surface area (Å²) in [6.45, 7) is 3.27. The van der Waals surface area contributed by atoms with Gasteiger partial charge in [0, 0.05) is 46.2 Å². The number of nitrogens with zero attached hydrogens (tertiary/aromatic N) is 1. The highest BCUT2D eigenvalue weighted by Crippen LogP contribution is 2.33. The van der Waals surface area contributed by atoms with Crippen LogP contribution >= 0.6 is 11.3 Å². The highest BCUT2D eigenvalue weighted by atomic mass is 32.1. The molecule has 1 amide bonds. The molecular weight excluding hydrogens is 338 g/mol. The fourth-order valence-electron chi connectivity index (χ4n) is 2.67. The zero-order valence-corrected chi connectivity index (χ0v) is 14.9. The fraction of sp³-hybridized carbons (Fsp3) is 0.167. The Morgan fingerprint density at radius 2 is 2.00 bits per heavy atom. The van der Waals surface area contributed by atoms with Gasteiger partial charge in [-0.2, -0.15) is 0 Å². The van der Waals surface area contributed by atoms with Gasteiger partial charge in [-0.1, -0.05) is 18.2 Å². The lowest BCUT2D eigenvalue weighted by Gasteiger charge is -2.10. The molecule has 6 nitrogen and oxygen atoms in total. The van der Waals surface area contributed by atoms with Crippen molar-refractivity contribution in [1.82, 2.24) is 15.3 Å².